The van der Waals surface area contributed by atoms with E-state index >= 15 is 0 Å². The second kappa shape index (κ2) is 8.57. The van der Waals surface area contributed by atoms with Gasteiger partial charge in [0.15, 0.2) is 0 Å². The van der Waals surface area contributed by atoms with Crippen molar-refractivity contribution in [3.63, 3.8) is 0 Å². The zero-order chi connectivity index (χ0) is 21.0. The van der Waals surface area contributed by atoms with Crippen LogP contribution in [-0.4, -0.2) is 22.3 Å². The lowest BCUT2D eigenvalue weighted by Gasteiger charge is -2.12. The van der Waals surface area contributed by atoms with Crippen LogP contribution in [0.15, 0.2) is 48.7 Å². The summed E-state index contributed by atoms with van der Waals surface area (Å²) in [7, 11) is 0. The van der Waals surface area contributed by atoms with E-state index in [9.17, 15) is 14.4 Å². The molecule has 2 aromatic carbocycles. The monoisotopic (exact) mass is 392 g/mol. The first-order chi connectivity index (χ1) is 13.9. The minimum atomic E-state index is -0.351. The summed E-state index contributed by atoms with van der Waals surface area (Å²) in [6, 6.07) is 12.9. The third kappa shape index (κ3) is 4.61. The van der Waals surface area contributed by atoms with Gasteiger partial charge in [0.2, 0.25) is 0 Å². The van der Waals surface area contributed by atoms with Gasteiger partial charge in [-0.15, -0.1) is 0 Å². The predicted octanol–water partition coefficient (Wildman–Crippen LogP) is 4.48. The number of nitriles is 1. The minimum absolute atomic E-state index is 0.335. The molecule has 1 aromatic heterocycles. The average Bonchev–Trinajstić information content (AvgIpc) is 3.08. The number of halogens is 1. The van der Waals surface area contributed by atoms with Gasteiger partial charge in [-0.25, -0.2) is 9.07 Å². The topological polar surface area (TPSA) is 79.9 Å². The number of nitrogens with zero attached hydrogens (tertiary/aromatic N) is 3. The van der Waals surface area contributed by atoms with E-state index in [0.29, 0.717) is 46.5 Å². The van der Waals surface area contributed by atoms with Crippen molar-refractivity contribution in [3.05, 3.63) is 71.3 Å². The maximum absolute atomic E-state index is 13.1. The van der Waals surface area contributed by atoms with Gasteiger partial charge in [-0.1, -0.05) is 13.8 Å². The number of hydrogen-bond donors (Lipinski definition) is 1. The molecular weight excluding hydrogens is 371 g/mol. The Morgan fingerprint density at radius 2 is 2.00 bits per heavy atom. The van der Waals surface area contributed by atoms with Crippen molar-refractivity contribution in [2.24, 2.45) is 5.92 Å². The maximum atomic E-state index is 13.1. The molecule has 0 aliphatic carbocycles. The van der Waals surface area contributed by atoms with Crippen molar-refractivity contribution in [2.45, 2.75) is 20.8 Å². The van der Waals surface area contributed by atoms with Crippen LogP contribution in [0.3, 0.4) is 0 Å². The smallest absolute Gasteiger partial charge is 0.259 e. The molecule has 0 aliphatic heterocycles. The summed E-state index contributed by atoms with van der Waals surface area (Å²) >= 11 is 0. The van der Waals surface area contributed by atoms with Crippen LogP contribution in [0.5, 0.6) is 5.75 Å². The largest absolute Gasteiger partial charge is 0.492 e. The molecule has 3 aromatic rings. The summed E-state index contributed by atoms with van der Waals surface area (Å²) in [6.45, 7) is 6.31. The van der Waals surface area contributed by atoms with Gasteiger partial charge in [0.1, 0.15) is 17.6 Å². The molecule has 1 amide bonds. The normalized spacial score (nSPS) is 10.6. The summed E-state index contributed by atoms with van der Waals surface area (Å²) in [5.41, 5.74) is 2.49. The molecule has 0 saturated heterocycles. The number of benzene rings is 2. The third-order valence-corrected chi connectivity index (χ3v) is 4.26. The van der Waals surface area contributed by atoms with E-state index in [1.165, 1.54) is 18.3 Å². The van der Waals surface area contributed by atoms with Crippen molar-refractivity contribution in [2.75, 3.05) is 11.9 Å². The Kier molecular flexibility index (Phi) is 5.93. The molecule has 0 saturated carbocycles. The Hall–Kier alpha value is -3.66. The third-order valence-electron chi connectivity index (χ3n) is 4.26. The van der Waals surface area contributed by atoms with Gasteiger partial charge >= 0.3 is 0 Å². The zero-order valence-corrected chi connectivity index (χ0v) is 16.4. The lowest BCUT2D eigenvalue weighted by atomic mass is 10.1. The van der Waals surface area contributed by atoms with E-state index in [-0.39, 0.29) is 11.7 Å². The number of carbonyl (C=O) groups is 1. The van der Waals surface area contributed by atoms with Crippen molar-refractivity contribution in [3.8, 4) is 17.5 Å². The molecule has 0 fully saturated rings. The fourth-order valence-corrected chi connectivity index (χ4v) is 2.75. The molecule has 1 heterocycles. The summed E-state index contributed by atoms with van der Waals surface area (Å²) < 4.78 is 20.3. The van der Waals surface area contributed by atoms with E-state index in [1.807, 2.05) is 13.8 Å². The number of hydrogen-bond acceptors (Lipinski definition) is 4. The predicted molar refractivity (Wildman–Crippen MR) is 108 cm³/mol. The Bertz CT molecular complexity index is 1070. The quantitative estimate of drug-likeness (QED) is 0.671. The molecule has 0 bridgehead atoms. The van der Waals surface area contributed by atoms with E-state index in [1.54, 1.807) is 41.9 Å². The van der Waals surface area contributed by atoms with Crippen LogP contribution in [0.25, 0.3) is 5.69 Å². The molecule has 7 heteroatoms. The highest BCUT2D eigenvalue weighted by molar-refractivity contribution is 6.05. The Labute approximate surface area is 168 Å². The summed E-state index contributed by atoms with van der Waals surface area (Å²) in [5, 5.41) is 16.4. The van der Waals surface area contributed by atoms with Crippen molar-refractivity contribution in [1.82, 2.24) is 9.78 Å². The second-order valence-electron chi connectivity index (χ2n) is 7.01. The number of aromatic nitrogens is 2. The number of rotatable bonds is 6. The zero-order valence-electron chi connectivity index (χ0n) is 16.4. The molecule has 3 rings (SSSR count). The van der Waals surface area contributed by atoms with Crippen LogP contribution in [0.1, 0.15) is 35.5 Å². The van der Waals surface area contributed by atoms with E-state index in [0.717, 1.165) is 0 Å². The molecule has 0 spiro atoms. The van der Waals surface area contributed by atoms with Gasteiger partial charge in [0, 0.05) is 5.69 Å². The van der Waals surface area contributed by atoms with Crippen molar-refractivity contribution >= 4 is 11.6 Å². The minimum Gasteiger partial charge on any atom is -0.492 e. The van der Waals surface area contributed by atoms with Gasteiger partial charge < -0.3 is 10.1 Å². The summed E-state index contributed by atoms with van der Waals surface area (Å²) in [5.74, 6) is 0.127. The fraction of sp³-hybridized carbons (Fsp3) is 0.227. The SMILES string of the molecule is Cc1c(C(=O)Nc2ccc(OCC(C)C)c(C#N)c2)cnn1-c1ccc(F)cc1. The van der Waals surface area contributed by atoms with Gasteiger partial charge in [-0.05, 0) is 55.3 Å². The van der Waals surface area contributed by atoms with Gasteiger partial charge in [-0.3, -0.25) is 4.79 Å². The lowest BCUT2D eigenvalue weighted by molar-refractivity contribution is 0.102. The number of ether oxygens (including phenoxy) is 1. The van der Waals surface area contributed by atoms with Gasteiger partial charge in [-0.2, -0.15) is 10.4 Å². The maximum Gasteiger partial charge on any atom is 0.259 e. The molecule has 148 valence electrons. The molecule has 29 heavy (non-hydrogen) atoms. The van der Waals surface area contributed by atoms with E-state index in [4.69, 9.17) is 4.74 Å². The number of carbonyl (C=O) groups excluding carboxylic acids is 1. The van der Waals surface area contributed by atoms with Crippen LogP contribution in [0.4, 0.5) is 10.1 Å². The Morgan fingerprint density at radius 1 is 1.28 bits per heavy atom. The van der Waals surface area contributed by atoms with Crippen LogP contribution in [-0.2, 0) is 0 Å². The summed E-state index contributed by atoms with van der Waals surface area (Å²) in [4.78, 5) is 12.7. The number of nitrogens with one attached hydrogen (secondary N) is 1. The van der Waals surface area contributed by atoms with Crippen LogP contribution >= 0.6 is 0 Å². The van der Waals surface area contributed by atoms with Crippen LogP contribution in [0, 0.1) is 30.0 Å². The molecule has 0 aliphatic rings. The van der Waals surface area contributed by atoms with Crippen LogP contribution < -0.4 is 10.1 Å². The first-order valence-electron chi connectivity index (χ1n) is 9.18. The average molecular weight is 392 g/mol. The first-order valence-corrected chi connectivity index (χ1v) is 9.18. The van der Waals surface area contributed by atoms with Crippen molar-refractivity contribution < 1.29 is 13.9 Å². The van der Waals surface area contributed by atoms with Gasteiger partial charge in [0.05, 0.1) is 35.3 Å². The molecule has 0 radical (unpaired) electrons. The highest BCUT2D eigenvalue weighted by Crippen LogP contribution is 2.24. The molecule has 6 nitrogen and oxygen atoms in total. The van der Waals surface area contributed by atoms with E-state index in [2.05, 4.69) is 16.5 Å². The molecule has 0 unspecified atom stereocenters. The van der Waals surface area contributed by atoms with Crippen LogP contribution in [0.2, 0.25) is 0 Å². The lowest BCUT2D eigenvalue weighted by Crippen LogP contribution is -2.13. The van der Waals surface area contributed by atoms with E-state index < -0.39 is 0 Å². The standard InChI is InChI=1S/C22H21FN4O2/c1-14(2)13-29-21-9-6-18(10-16(21)11-24)26-22(28)20-12-25-27(15(20)3)19-7-4-17(23)5-8-19/h4-10,12,14H,13H2,1-3H3,(H,26,28). The first kappa shape index (κ1) is 20.1. The molecule has 0 atom stereocenters. The number of amides is 1. The fourth-order valence-electron chi connectivity index (χ4n) is 2.75. The molecular formula is C22H21FN4O2. The Balaban J connectivity index is 1.78. The van der Waals surface area contributed by atoms with Gasteiger partial charge in [0.25, 0.3) is 5.91 Å². The second-order valence-corrected chi connectivity index (χ2v) is 7.01. The Morgan fingerprint density at radius 3 is 2.66 bits per heavy atom. The van der Waals surface area contributed by atoms with Crippen molar-refractivity contribution in [1.29, 1.82) is 5.26 Å². The highest BCUT2D eigenvalue weighted by Gasteiger charge is 2.16. The number of anilines is 1. The summed E-state index contributed by atoms with van der Waals surface area (Å²) in [6.07, 6.45) is 1.46. The molecule has 1 N–H and O–H groups in total. The highest BCUT2D eigenvalue weighted by atomic mass is 19.1.